The Hall–Kier alpha value is -1.09. The second-order valence-electron chi connectivity index (χ2n) is 4.10. The molecule has 0 aromatic heterocycles. The quantitative estimate of drug-likeness (QED) is 0.818. The number of halogens is 1. The molecule has 0 spiro atoms. The van der Waals surface area contributed by atoms with Crippen molar-refractivity contribution in [2.75, 3.05) is 20.2 Å². The zero-order valence-electron chi connectivity index (χ0n) is 8.92. The van der Waals surface area contributed by atoms with Gasteiger partial charge in [0, 0.05) is 13.1 Å². The smallest absolute Gasteiger partial charge is 0.136 e. The molecule has 1 aromatic rings. The molecule has 0 atom stereocenters. The van der Waals surface area contributed by atoms with Gasteiger partial charge in [0.2, 0.25) is 0 Å². The van der Waals surface area contributed by atoms with Crippen LogP contribution >= 0.6 is 0 Å². The van der Waals surface area contributed by atoms with Crippen LogP contribution < -0.4 is 10.1 Å². The maximum Gasteiger partial charge on any atom is 0.136 e. The van der Waals surface area contributed by atoms with Gasteiger partial charge < -0.3 is 10.1 Å². The first kappa shape index (κ1) is 10.4. The lowest BCUT2D eigenvalue weighted by Crippen LogP contribution is -2.56. The standard InChI is InChI=1S/C12H16FNO/c1-15-11-4-2-10(3-5-11)6-7-12(13)8-14-9-12/h2-5,14H,6-9H2,1H3. The number of rotatable bonds is 4. The predicted octanol–water partition coefficient (Wildman–Crippen LogP) is 1.94. The van der Waals surface area contributed by atoms with Crippen molar-refractivity contribution >= 4 is 0 Å². The molecule has 1 heterocycles. The van der Waals surface area contributed by atoms with Crippen molar-refractivity contribution in [3.63, 3.8) is 0 Å². The van der Waals surface area contributed by atoms with Gasteiger partial charge >= 0.3 is 0 Å². The largest absolute Gasteiger partial charge is 0.497 e. The van der Waals surface area contributed by atoms with Gasteiger partial charge in [0.1, 0.15) is 11.4 Å². The molecule has 1 aliphatic rings. The summed E-state index contributed by atoms with van der Waals surface area (Å²) < 4.78 is 18.7. The molecule has 1 aliphatic heterocycles. The highest BCUT2D eigenvalue weighted by molar-refractivity contribution is 5.27. The third-order valence-corrected chi connectivity index (χ3v) is 2.90. The van der Waals surface area contributed by atoms with E-state index in [-0.39, 0.29) is 0 Å². The van der Waals surface area contributed by atoms with Gasteiger partial charge in [-0.05, 0) is 30.5 Å². The third kappa shape index (κ3) is 2.48. The lowest BCUT2D eigenvalue weighted by atomic mass is 9.91. The van der Waals surface area contributed by atoms with Crippen LogP contribution in [0.2, 0.25) is 0 Å². The van der Waals surface area contributed by atoms with Crippen LogP contribution in [0.25, 0.3) is 0 Å². The first-order valence-electron chi connectivity index (χ1n) is 5.24. The Morgan fingerprint density at radius 1 is 1.33 bits per heavy atom. The Labute approximate surface area is 89.4 Å². The number of alkyl halides is 1. The summed E-state index contributed by atoms with van der Waals surface area (Å²) in [6.07, 6.45) is 1.40. The Morgan fingerprint density at radius 3 is 2.47 bits per heavy atom. The first-order valence-corrected chi connectivity index (χ1v) is 5.24. The van der Waals surface area contributed by atoms with Crippen molar-refractivity contribution in [2.45, 2.75) is 18.5 Å². The number of ether oxygens (including phenoxy) is 1. The lowest BCUT2D eigenvalue weighted by molar-refractivity contribution is 0.0809. The number of nitrogens with one attached hydrogen (secondary N) is 1. The molecule has 0 unspecified atom stereocenters. The van der Waals surface area contributed by atoms with E-state index in [1.54, 1.807) is 7.11 Å². The van der Waals surface area contributed by atoms with E-state index in [1.165, 1.54) is 5.56 Å². The average molecular weight is 209 g/mol. The molecule has 2 rings (SSSR count). The highest BCUT2D eigenvalue weighted by Gasteiger charge is 2.35. The Kier molecular flexibility index (Phi) is 2.91. The van der Waals surface area contributed by atoms with Crippen LogP contribution in [0.5, 0.6) is 5.75 Å². The molecule has 0 amide bonds. The summed E-state index contributed by atoms with van der Waals surface area (Å²) >= 11 is 0. The average Bonchev–Trinajstić information content (AvgIpc) is 2.24. The minimum absolute atomic E-state index is 0.503. The van der Waals surface area contributed by atoms with E-state index in [4.69, 9.17) is 4.74 Å². The summed E-state index contributed by atoms with van der Waals surface area (Å²) in [5.41, 5.74) is 0.194. The molecule has 82 valence electrons. The van der Waals surface area contributed by atoms with E-state index >= 15 is 0 Å². The second-order valence-corrected chi connectivity index (χ2v) is 4.10. The molecule has 0 radical (unpaired) electrons. The molecule has 0 bridgehead atoms. The van der Waals surface area contributed by atoms with Gasteiger partial charge in [-0.1, -0.05) is 12.1 Å². The molecule has 15 heavy (non-hydrogen) atoms. The fraction of sp³-hybridized carbons (Fsp3) is 0.500. The summed E-state index contributed by atoms with van der Waals surface area (Å²) in [4.78, 5) is 0. The number of hydrogen-bond acceptors (Lipinski definition) is 2. The molecular weight excluding hydrogens is 193 g/mol. The molecule has 0 saturated carbocycles. The van der Waals surface area contributed by atoms with E-state index in [0.29, 0.717) is 19.5 Å². The van der Waals surface area contributed by atoms with Crippen LogP contribution in [0.4, 0.5) is 4.39 Å². The summed E-state index contributed by atoms with van der Waals surface area (Å²) in [5, 5.41) is 2.96. The summed E-state index contributed by atoms with van der Waals surface area (Å²) in [5.74, 6) is 0.846. The second kappa shape index (κ2) is 4.19. The van der Waals surface area contributed by atoms with Crippen LogP contribution in [0, 0.1) is 0 Å². The fourth-order valence-electron chi connectivity index (χ4n) is 1.73. The van der Waals surface area contributed by atoms with Crippen LogP contribution in [0.3, 0.4) is 0 Å². The van der Waals surface area contributed by atoms with Gasteiger partial charge in [0.05, 0.1) is 7.11 Å². The number of benzene rings is 1. The lowest BCUT2D eigenvalue weighted by Gasteiger charge is -2.35. The van der Waals surface area contributed by atoms with Gasteiger partial charge in [0.15, 0.2) is 0 Å². The van der Waals surface area contributed by atoms with E-state index in [0.717, 1.165) is 12.2 Å². The predicted molar refractivity (Wildman–Crippen MR) is 58.0 cm³/mol. The van der Waals surface area contributed by atoms with E-state index in [1.807, 2.05) is 24.3 Å². The molecule has 1 fully saturated rings. The molecule has 1 saturated heterocycles. The number of aryl methyl sites for hydroxylation is 1. The van der Waals surface area contributed by atoms with Gasteiger partial charge in [-0.3, -0.25) is 0 Å². The molecule has 2 nitrogen and oxygen atoms in total. The van der Waals surface area contributed by atoms with Gasteiger partial charge in [-0.25, -0.2) is 4.39 Å². The third-order valence-electron chi connectivity index (χ3n) is 2.90. The zero-order valence-corrected chi connectivity index (χ0v) is 8.92. The SMILES string of the molecule is COc1ccc(CCC2(F)CNC2)cc1. The Bertz CT molecular complexity index is 319. The number of hydrogen-bond donors (Lipinski definition) is 1. The van der Waals surface area contributed by atoms with E-state index < -0.39 is 5.67 Å². The molecule has 3 heteroatoms. The maximum atomic E-state index is 13.7. The maximum absolute atomic E-state index is 13.7. The van der Waals surface area contributed by atoms with Crippen LogP contribution in [0.1, 0.15) is 12.0 Å². The minimum atomic E-state index is -0.972. The van der Waals surface area contributed by atoms with Crippen molar-refractivity contribution in [3.8, 4) is 5.75 Å². The number of methoxy groups -OCH3 is 1. The zero-order chi connectivity index (χ0) is 10.7. The van der Waals surface area contributed by atoms with E-state index in [9.17, 15) is 4.39 Å². The summed E-state index contributed by atoms with van der Waals surface area (Å²) in [6.45, 7) is 1.01. The monoisotopic (exact) mass is 209 g/mol. The van der Waals surface area contributed by atoms with Gasteiger partial charge in [-0.15, -0.1) is 0 Å². The molecular formula is C12H16FNO. The molecule has 1 N–H and O–H groups in total. The summed E-state index contributed by atoms with van der Waals surface area (Å²) in [6, 6.07) is 7.82. The highest BCUT2D eigenvalue weighted by atomic mass is 19.1. The van der Waals surface area contributed by atoms with Crippen LogP contribution in [0.15, 0.2) is 24.3 Å². The van der Waals surface area contributed by atoms with Crippen molar-refractivity contribution in [3.05, 3.63) is 29.8 Å². The van der Waals surface area contributed by atoms with Crippen molar-refractivity contribution in [2.24, 2.45) is 0 Å². The fourth-order valence-corrected chi connectivity index (χ4v) is 1.73. The van der Waals surface area contributed by atoms with Crippen LogP contribution in [-0.2, 0) is 6.42 Å². The first-order chi connectivity index (χ1) is 7.22. The highest BCUT2D eigenvalue weighted by Crippen LogP contribution is 2.23. The van der Waals surface area contributed by atoms with Gasteiger partial charge in [-0.2, -0.15) is 0 Å². The Balaban J connectivity index is 1.87. The minimum Gasteiger partial charge on any atom is -0.497 e. The summed E-state index contributed by atoms with van der Waals surface area (Å²) in [7, 11) is 1.64. The Morgan fingerprint density at radius 2 is 2.00 bits per heavy atom. The topological polar surface area (TPSA) is 21.3 Å². The van der Waals surface area contributed by atoms with Crippen molar-refractivity contribution in [1.82, 2.24) is 5.32 Å². The van der Waals surface area contributed by atoms with Crippen molar-refractivity contribution < 1.29 is 9.13 Å². The van der Waals surface area contributed by atoms with E-state index in [2.05, 4.69) is 5.32 Å². The van der Waals surface area contributed by atoms with Crippen LogP contribution in [-0.4, -0.2) is 25.9 Å². The van der Waals surface area contributed by atoms with Gasteiger partial charge in [0.25, 0.3) is 0 Å². The normalized spacial score (nSPS) is 18.3. The van der Waals surface area contributed by atoms with Crippen molar-refractivity contribution in [1.29, 1.82) is 0 Å². The molecule has 1 aromatic carbocycles. The molecule has 0 aliphatic carbocycles.